The highest BCUT2D eigenvalue weighted by molar-refractivity contribution is 6.03. The van der Waals surface area contributed by atoms with Gasteiger partial charge in [0.2, 0.25) is 0 Å². The monoisotopic (exact) mass is 281 g/mol. The van der Waals surface area contributed by atoms with Crippen molar-refractivity contribution in [3.63, 3.8) is 0 Å². The number of aryl methyl sites for hydroxylation is 1. The van der Waals surface area contributed by atoms with Crippen LogP contribution in [0.2, 0.25) is 0 Å². The summed E-state index contributed by atoms with van der Waals surface area (Å²) in [5.41, 5.74) is 4.24. The maximum Gasteiger partial charge on any atom is 0.274 e. The highest BCUT2D eigenvalue weighted by atomic mass is 16.1. The predicted octanol–water partition coefficient (Wildman–Crippen LogP) is 3.55. The Morgan fingerprint density at radius 1 is 1.33 bits per heavy atom. The number of anilines is 2. The van der Waals surface area contributed by atoms with Gasteiger partial charge in [-0.15, -0.1) is 6.58 Å². The molecule has 2 rings (SSSR count). The lowest BCUT2D eigenvalue weighted by atomic mass is 10.1. The predicted molar refractivity (Wildman–Crippen MR) is 86.8 cm³/mol. The Hall–Kier alpha value is -2.62. The second-order valence-corrected chi connectivity index (χ2v) is 4.80. The Morgan fingerprint density at radius 3 is 2.90 bits per heavy atom. The largest absolute Gasteiger partial charge is 0.381 e. The van der Waals surface area contributed by atoms with Crippen LogP contribution in [0.25, 0.3) is 0 Å². The summed E-state index contributed by atoms with van der Waals surface area (Å²) in [6.07, 6.45) is 3.37. The average molecular weight is 281 g/mol. The van der Waals surface area contributed by atoms with Crippen molar-refractivity contribution in [2.75, 3.05) is 17.2 Å². The van der Waals surface area contributed by atoms with E-state index in [0.29, 0.717) is 12.2 Å². The van der Waals surface area contributed by atoms with Gasteiger partial charge in [-0.05, 0) is 43.2 Å². The third kappa shape index (κ3) is 3.69. The number of amides is 1. The Labute approximate surface area is 124 Å². The fraction of sp³-hybridized carbons (Fsp3) is 0.176. The van der Waals surface area contributed by atoms with Crippen LogP contribution < -0.4 is 10.6 Å². The molecule has 0 radical (unpaired) electrons. The van der Waals surface area contributed by atoms with E-state index in [1.165, 1.54) is 0 Å². The number of benzene rings is 1. The zero-order valence-corrected chi connectivity index (χ0v) is 12.3. The summed E-state index contributed by atoms with van der Waals surface area (Å²) in [6, 6.07) is 9.37. The minimum absolute atomic E-state index is 0.217. The van der Waals surface area contributed by atoms with E-state index >= 15 is 0 Å². The minimum Gasteiger partial charge on any atom is -0.381 e. The summed E-state index contributed by atoms with van der Waals surface area (Å²) in [7, 11) is 0. The number of hydrogen-bond acceptors (Lipinski definition) is 3. The molecule has 2 N–H and O–H groups in total. The molecule has 0 aliphatic heterocycles. The SMILES string of the molecule is C=CCNc1ccnc(C(=O)Nc2cccc(C)c2C)c1. The minimum atomic E-state index is -0.217. The summed E-state index contributed by atoms with van der Waals surface area (Å²) in [5, 5.41) is 6.04. The zero-order chi connectivity index (χ0) is 15.2. The third-order valence-corrected chi connectivity index (χ3v) is 3.30. The summed E-state index contributed by atoms with van der Waals surface area (Å²) >= 11 is 0. The van der Waals surface area contributed by atoms with Crippen LogP contribution in [0.1, 0.15) is 21.6 Å². The Morgan fingerprint density at radius 2 is 2.14 bits per heavy atom. The summed E-state index contributed by atoms with van der Waals surface area (Å²) < 4.78 is 0. The summed E-state index contributed by atoms with van der Waals surface area (Å²) in [5.74, 6) is -0.217. The number of nitrogens with zero attached hydrogens (tertiary/aromatic N) is 1. The van der Waals surface area contributed by atoms with Crippen LogP contribution in [-0.4, -0.2) is 17.4 Å². The molecule has 1 aromatic heterocycles. The van der Waals surface area contributed by atoms with Gasteiger partial charge in [0, 0.05) is 24.1 Å². The second-order valence-electron chi connectivity index (χ2n) is 4.80. The van der Waals surface area contributed by atoms with Crippen molar-refractivity contribution in [2.24, 2.45) is 0 Å². The molecular weight excluding hydrogens is 262 g/mol. The highest BCUT2D eigenvalue weighted by Crippen LogP contribution is 2.19. The lowest BCUT2D eigenvalue weighted by Crippen LogP contribution is -2.15. The molecule has 0 aliphatic rings. The first kappa shape index (κ1) is 14.8. The molecule has 4 heteroatoms. The standard InChI is InChI=1S/C17H19N3O/c1-4-9-18-14-8-10-19-16(11-14)17(21)20-15-7-5-6-12(2)13(15)3/h4-8,10-11H,1,9H2,2-3H3,(H,18,19)(H,20,21). The van der Waals surface area contributed by atoms with Crippen molar-refractivity contribution in [2.45, 2.75) is 13.8 Å². The van der Waals surface area contributed by atoms with Crippen molar-refractivity contribution in [3.8, 4) is 0 Å². The third-order valence-electron chi connectivity index (χ3n) is 3.30. The molecule has 0 bridgehead atoms. The highest BCUT2D eigenvalue weighted by Gasteiger charge is 2.10. The van der Waals surface area contributed by atoms with Crippen LogP contribution in [0, 0.1) is 13.8 Å². The van der Waals surface area contributed by atoms with E-state index in [1.54, 1.807) is 18.3 Å². The quantitative estimate of drug-likeness (QED) is 0.824. The lowest BCUT2D eigenvalue weighted by Gasteiger charge is -2.10. The molecule has 0 unspecified atom stereocenters. The van der Waals surface area contributed by atoms with E-state index in [2.05, 4.69) is 22.2 Å². The van der Waals surface area contributed by atoms with Gasteiger partial charge in [-0.1, -0.05) is 18.2 Å². The lowest BCUT2D eigenvalue weighted by molar-refractivity contribution is 0.102. The van der Waals surface area contributed by atoms with E-state index in [9.17, 15) is 4.79 Å². The van der Waals surface area contributed by atoms with Crippen molar-refractivity contribution >= 4 is 17.3 Å². The number of carbonyl (C=O) groups is 1. The van der Waals surface area contributed by atoms with E-state index < -0.39 is 0 Å². The van der Waals surface area contributed by atoms with Crippen LogP contribution in [0.3, 0.4) is 0 Å². The van der Waals surface area contributed by atoms with Gasteiger partial charge in [0.1, 0.15) is 5.69 Å². The first-order valence-electron chi connectivity index (χ1n) is 6.80. The number of pyridine rings is 1. The fourth-order valence-electron chi connectivity index (χ4n) is 1.93. The van der Waals surface area contributed by atoms with Crippen LogP contribution >= 0.6 is 0 Å². The molecule has 0 saturated heterocycles. The van der Waals surface area contributed by atoms with Crippen molar-refractivity contribution in [3.05, 3.63) is 66.0 Å². The average Bonchev–Trinajstić information content (AvgIpc) is 2.50. The zero-order valence-electron chi connectivity index (χ0n) is 12.3. The van der Waals surface area contributed by atoms with Crippen molar-refractivity contribution in [1.82, 2.24) is 4.98 Å². The Balaban J connectivity index is 2.16. The normalized spacial score (nSPS) is 10.0. The molecule has 0 fully saturated rings. The molecule has 0 aliphatic carbocycles. The first-order valence-corrected chi connectivity index (χ1v) is 6.80. The smallest absolute Gasteiger partial charge is 0.274 e. The van der Waals surface area contributed by atoms with Gasteiger partial charge in [0.25, 0.3) is 5.91 Å². The van der Waals surface area contributed by atoms with Gasteiger partial charge in [0.15, 0.2) is 0 Å². The van der Waals surface area contributed by atoms with E-state index in [4.69, 9.17) is 0 Å². The Bertz CT molecular complexity index is 665. The van der Waals surface area contributed by atoms with Gasteiger partial charge in [-0.2, -0.15) is 0 Å². The maximum absolute atomic E-state index is 12.3. The van der Waals surface area contributed by atoms with Crippen molar-refractivity contribution < 1.29 is 4.79 Å². The second kappa shape index (κ2) is 6.70. The molecular formula is C17H19N3O. The molecule has 0 atom stereocenters. The van der Waals surface area contributed by atoms with Gasteiger partial charge >= 0.3 is 0 Å². The molecule has 4 nitrogen and oxygen atoms in total. The molecule has 0 spiro atoms. The summed E-state index contributed by atoms with van der Waals surface area (Å²) in [6.45, 7) is 8.29. The maximum atomic E-state index is 12.3. The molecule has 0 saturated carbocycles. The van der Waals surface area contributed by atoms with Crippen LogP contribution in [0.5, 0.6) is 0 Å². The molecule has 21 heavy (non-hydrogen) atoms. The molecule has 1 aromatic carbocycles. The van der Waals surface area contributed by atoms with E-state index in [0.717, 1.165) is 22.5 Å². The van der Waals surface area contributed by atoms with Crippen LogP contribution in [0.15, 0.2) is 49.2 Å². The van der Waals surface area contributed by atoms with E-state index in [1.807, 2.05) is 38.1 Å². The number of nitrogens with one attached hydrogen (secondary N) is 2. The van der Waals surface area contributed by atoms with Crippen molar-refractivity contribution in [1.29, 1.82) is 0 Å². The van der Waals surface area contributed by atoms with Gasteiger partial charge in [0.05, 0.1) is 0 Å². The molecule has 108 valence electrons. The van der Waals surface area contributed by atoms with Gasteiger partial charge < -0.3 is 10.6 Å². The number of hydrogen-bond donors (Lipinski definition) is 2. The number of aromatic nitrogens is 1. The fourth-order valence-corrected chi connectivity index (χ4v) is 1.93. The number of carbonyl (C=O) groups excluding carboxylic acids is 1. The Kier molecular flexibility index (Phi) is 4.72. The molecule has 2 aromatic rings. The first-order chi connectivity index (χ1) is 10.1. The molecule has 1 heterocycles. The van der Waals surface area contributed by atoms with Crippen LogP contribution in [-0.2, 0) is 0 Å². The topological polar surface area (TPSA) is 54.0 Å². The van der Waals surface area contributed by atoms with Crippen LogP contribution in [0.4, 0.5) is 11.4 Å². The van der Waals surface area contributed by atoms with E-state index in [-0.39, 0.29) is 5.91 Å². The number of rotatable bonds is 5. The van der Waals surface area contributed by atoms with Gasteiger partial charge in [-0.3, -0.25) is 9.78 Å². The summed E-state index contributed by atoms with van der Waals surface area (Å²) in [4.78, 5) is 16.4. The van der Waals surface area contributed by atoms with Gasteiger partial charge in [-0.25, -0.2) is 0 Å². The molecule has 1 amide bonds.